The van der Waals surface area contributed by atoms with Crippen molar-refractivity contribution < 1.29 is 18.7 Å². The normalized spacial score (nSPS) is 11.5. The average Bonchev–Trinajstić information content (AvgIpc) is 2.54. The molecule has 2 amide bonds. The van der Waals surface area contributed by atoms with E-state index in [9.17, 15) is 14.0 Å². The maximum Gasteiger partial charge on any atom is 0.279 e. The van der Waals surface area contributed by atoms with Gasteiger partial charge in [-0.3, -0.25) is 20.4 Å². The Balaban J connectivity index is 1.89. The molecule has 7 heteroatoms. The van der Waals surface area contributed by atoms with E-state index < -0.39 is 23.7 Å². The molecular weight excluding hydrogens is 379 g/mol. The van der Waals surface area contributed by atoms with E-state index in [1.54, 1.807) is 32.0 Å². The molecule has 2 aromatic carbocycles. The number of hydrogen-bond acceptors (Lipinski definition) is 3. The predicted octanol–water partition coefficient (Wildman–Crippen LogP) is 3.13. The van der Waals surface area contributed by atoms with Crippen LogP contribution in [-0.2, 0) is 4.79 Å². The molecule has 0 saturated heterocycles. The minimum absolute atomic E-state index is 0.110. The van der Waals surface area contributed by atoms with Crippen LogP contribution in [0.4, 0.5) is 4.39 Å². The number of hydrogen-bond donors (Lipinski definition) is 2. The quantitative estimate of drug-likeness (QED) is 0.782. The van der Waals surface area contributed by atoms with Gasteiger partial charge in [0.25, 0.3) is 11.8 Å². The number of carbonyl (C=O) groups is 2. The highest BCUT2D eigenvalue weighted by Crippen LogP contribution is 2.18. The molecule has 0 heterocycles. The summed E-state index contributed by atoms with van der Waals surface area (Å²) in [6, 6.07) is 11.1. The lowest BCUT2D eigenvalue weighted by atomic mass is 10.1. The first-order valence-corrected chi connectivity index (χ1v) is 7.94. The summed E-state index contributed by atoms with van der Waals surface area (Å²) >= 11 is 3.31. The van der Waals surface area contributed by atoms with Crippen LogP contribution in [0.2, 0.25) is 0 Å². The van der Waals surface area contributed by atoms with Gasteiger partial charge < -0.3 is 4.74 Å². The van der Waals surface area contributed by atoms with Crippen LogP contribution >= 0.6 is 15.9 Å². The summed E-state index contributed by atoms with van der Waals surface area (Å²) < 4.78 is 19.7. The van der Waals surface area contributed by atoms with E-state index in [2.05, 4.69) is 26.8 Å². The van der Waals surface area contributed by atoms with Crippen LogP contribution in [0.3, 0.4) is 0 Å². The number of ether oxygens (including phenoxy) is 1. The minimum atomic E-state index is -0.825. The molecular formula is C17H16BrFN2O3. The van der Waals surface area contributed by atoms with Gasteiger partial charge in [-0.1, -0.05) is 28.1 Å². The molecule has 0 fully saturated rings. The topological polar surface area (TPSA) is 67.4 Å². The van der Waals surface area contributed by atoms with E-state index in [4.69, 9.17) is 4.74 Å². The van der Waals surface area contributed by atoms with E-state index in [-0.39, 0.29) is 5.56 Å². The summed E-state index contributed by atoms with van der Waals surface area (Å²) in [6.07, 6.45) is -0.825. The Labute approximate surface area is 147 Å². The molecule has 0 aliphatic heterocycles. The van der Waals surface area contributed by atoms with Gasteiger partial charge in [0.05, 0.1) is 0 Å². The van der Waals surface area contributed by atoms with Crippen LogP contribution in [0.5, 0.6) is 5.75 Å². The second kappa shape index (κ2) is 7.92. The third-order valence-corrected chi connectivity index (χ3v) is 3.70. The molecule has 0 saturated carbocycles. The van der Waals surface area contributed by atoms with Crippen molar-refractivity contribution in [3.05, 3.63) is 63.9 Å². The van der Waals surface area contributed by atoms with Crippen LogP contribution in [0.25, 0.3) is 0 Å². The third-order valence-electron chi connectivity index (χ3n) is 3.21. The molecule has 24 heavy (non-hydrogen) atoms. The first-order chi connectivity index (χ1) is 11.4. The lowest BCUT2D eigenvalue weighted by molar-refractivity contribution is -0.128. The fourth-order valence-corrected chi connectivity index (χ4v) is 2.20. The monoisotopic (exact) mass is 394 g/mol. The highest BCUT2D eigenvalue weighted by Gasteiger charge is 2.16. The SMILES string of the molecule is Cc1ccc(C(=O)NNC(=O)C(C)Oc2cccc(Br)c2)cc1F. The molecule has 2 N–H and O–H groups in total. The maximum absolute atomic E-state index is 13.5. The number of aryl methyl sites for hydroxylation is 1. The van der Waals surface area contributed by atoms with Crippen LogP contribution in [0.15, 0.2) is 46.9 Å². The molecule has 1 atom stereocenters. The van der Waals surface area contributed by atoms with Crippen LogP contribution in [-0.4, -0.2) is 17.9 Å². The molecule has 0 radical (unpaired) electrons. The summed E-state index contributed by atoms with van der Waals surface area (Å²) in [4.78, 5) is 23.9. The summed E-state index contributed by atoms with van der Waals surface area (Å²) in [5.41, 5.74) is 5.03. The zero-order valence-corrected chi connectivity index (χ0v) is 14.7. The van der Waals surface area contributed by atoms with Crippen LogP contribution < -0.4 is 15.6 Å². The molecule has 0 spiro atoms. The summed E-state index contributed by atoms with van der Waals surface area (Å²) in [5.74, 6) is -1.12. The second-order valence-corrected chi connectivity index (χ2v) is 6.04. The Morgan fingerprint density at radius 2 is 1.92 bits per heavy atom. The van der Waals surface area contributed by atoms with Crippen molar-refractivity contribution in [2.24, 2.45) is 0 Å². The Morgan fingerprint density at radius 1 is 1.17 bits per heavy atom. The van der Waals surface area contributed by atoms with Gasteiger partial charge in [-0.05, 0) is 49.7 Å². The van der Waals surface area contributed by atoms with Crippen molar-refractivity contribution in [2.45, 2.75) is 20.0 Å². The number of benzene rings is 2. The lowest BCUT2D eigenvalue weighted by Crippen LogP contribution is -2.47. The van der Waals surface area contributed by atoms with Gasteiger partial charge in [-0.2, -0.15) is 0 Å². The molecule has 0 aromatic heterocycles. The van der Waals surface area contributed by atoms with E-state index in [0.717, 1.165) is 10.5 Å². The first-order valence-electron chi connectivity index (χ1n) is 7.15. The summed E-state index contributed by atoms with van der Waals surface area (Å²) in [6.45, 7) is 3.15. The van der Waals surface area contributed by atoms with Crippen molar-refractivity contribution in [3.63, 3.8) is 0 Å². The van der Waals surface area contributed by atoms with Gasteiger partial charge in [0.2, 0.25) is 0 Å². The molecule has 5 nitrogen and oxygen atoms in total. The molecule has 2 rings (SSSR count). The third kappa shape index (κ3) is 4.79. The van der Waals surface area contributed by atoms with Gasteiger partial charge in [0.15, 0.2) is 6.10 Å². The highest BCUT2D eigenvalue weighted by atomic mass is 79.9. The van der Waals surface area contributed by atoms with Gasteiger partial charge in [0.1, 0.15) is 11.6 Å². The summed E-state index contributed by atoms with van der Waals surface area (Å²) in [7, 11) is 0. The minimum Gasteiger partial charge on any atom is -0.481 e. The molecule has 1 unspecified atom stereocenters. The van der Waals surface area contributed by atoms with Crippen molar-refractivity contribution in [3.8, 4) is 5.75 Å². The lowest BCUT2D eigenvalue weighted by Gasteiger charge is -2.15. The van der Waals surface area contributed by atoms with Gasteiger partial charge in [-0.25, -0.2) is 4.39 Å². The van der Waals surface area contributed by atoms with E-state index in [0.29, 0.717) is 11.3 Å². The molecule has 126 valence electrons. The maximum atomic E-state index is 13.5. The molecule has 0 aliphatic carbocycles. The number of amides is 2. The number of carbonyl (C=O) groups excluding carboxylic acids is 2. The van der Waals surface area contributed by atoms with Gasteiger partial charge in [0, 0.05) is 10.0 Å². The first kappa shape index (κ1) is 17.9. The van der Waals surface area contributed by atoms with E-state index >= 15 is 0 Å². The Morgan fingerprint density at radius 3 is 2.58 bits per heavy atom. The average molecular weight is 395 g/mol. The molecule has 2 aromatic rings. The van der Waals surface area contributed by atoms with E-state index in [1.165, 1.54) is 12.1 Å². The smallest absolute Gasteiger partial charge is 0.279 e. The van der Waals surface area contributed by atoms with Crippen molar-refractivity contribution in [1.29, 1.82) is 0 Å². The fourth-order valence-electron chi connectivity index (χ4n) is 1.82. The molecule has 0 aliphatic rings. The Bertz CT molecular complexity index is 767. The Hall–Kier alpha value is -2.41. The van der Waals surface area contributed by atoms with Gasteiger partial charge in [-0.15, -0.1) is 0 Å². The van der Waals surface area contributed by atoms with Crippen LogP contribution in [0, 0.1) is 12.7 Å². The van der Waals surface area contributed by atoms with Crippen molar-refractivity contribution in [2.75, 3.05) is 0 Å². The number of hydrazine groups is 1. The largest absolute Gasteiger partial charge is 0.481 e. The van der Waals surface area contributed by atoms with Crippen molar-refractivity contribution in [1.82, 2.24) is 10.9 Å². The highest BCUT2D eigenvalue weighted by molar-refractivity contribution is 9.10. The van der Waals surface area contributed by atoms with E-state index in [1.807, 2.05) is 6.07 Å². The number of halogens is 2. The zero-order valence-electron chi connectivity index (χ0n) is 13.1. The fraction of sp³-hybridized carbons (Fsp3) is 0.176. The number of nitrogens with one attached hydrogen (secondary N) is 2. The Kier molecular flexibility index (Phi) is 5.92. The number of rotatable bonds is 4. The standard InChI is InChI=1S/C17H16BrFN2O3/c1-10-6-7-12(8-15(10)19)17(23)21-20-16(22)11(2)24-14-5-3-4-13(18)9-14/h3-9,11H,1-2H3,(H,20,22)(H,21,23). The predicted molar refractivity (Wildman–Crippen MR) is 91.0 cm³/mol. The molecule has 0 bridgehead atoms. The van der Waals surface area contributed by atoms with Crippen molar-refractivity contribution >= 4 is 27.7 Å². The zero-order chi connectivity index (χ0) is 17.7. The van der Waals surface area contributed by atoms with Crippen LogP contribution in [0.1, 0.15) is 22.8 Å². The van der Waals surface area contributed by atoms with Gasteiger partial charge >= 0.3 is 0 Å². The second-order valence-electron chi connectivity index (χ2n) is 5.12. The summed E-state index contributed by atoms with van der Waals surface area (Å²) in [5, 5.41) is 0.